The SMILES string of the molecule is CCCC/C=C/[C@H](O)C/C=C\CCCCCCCC(=O)OC. The first kappa shape index (κ1) is 20.9. The molecule has 0 fully saturated rings. The summed E-state index contributed by atoms with van der Waals surface area (Å²) in [4.78, 5) is 10.9. The molecule has 1 N–H and O–H groups in total. The molecule has 1 atom stereocenters. The van der Waals surface area contributed by atoms with Crippen LogP contribution in [0.5, 0.6) is 0 Å². The van der Waals surface area contributed by atoms with Crippen LogP contribution in [0.3, 0.4) is 0 Å². The zero-order valence-electron chi connectivity index (χ0n) is 14.4. The van der Waals surface area contributed by atoms with Crippen LogP contribution in [-0.2, 0) is 9.53 Å². The molecule has 0 saturated heterocycles. The van der Waals surface area contributed by atoms with Crippen LogP contribution in [0.1, 0.15) is 77.6 Å². The van der Waals surface area contributed by atoms with E-state index >= 15 is 0 Å². The summed E-state index contributed by atoms with van der Waals surface area (Å²) in [6.07, 6.45) is 19.2. The lowest BCUT2D eigenvalue weighted by atomic mass is 10.1. The molecule has 0 saturated carbocycles. The van der Waals surface area contributed by atoms with E-state index in [1.54, 1.807) is 0 Å². The van der Waals surface area contributed by atoms with Gasteiger partial charge in [0.15, 0.2) is 0 Å². The number of carbonyl (C=O) groups is 1. The summed E-state index contributed by atoms with van der Waals surface area (Å²) in [5.41, 5.74) is 0. The van der Waals surface area contributed by atoms with E-state index in [2.05, 4.69) is 29.9 Å². The van der Waals surface area contributed by atoms with Gasteiger partial charge in [-0.1, -0.05) is 63.3 Å². The van der Waals surface area contributed by atoms with E-state index < -0.39 is 0 Å². The van der Waals surface area contributed by atoms with E-state index in [4.69, 9.17) is 0 Å². The van der Waals surface area contributed by atoms with Gasteiger partial charge in [0.1, 0.15) is 0 Å². The molecule has 0 unspecified atom stereocenters. The molecular weight excluding hydrogens is 276 g/mol. The third-order valence-electron chi connectivity index (χ3n) is 3.61. The van der Waals surface area contributed by atoms with E-state index in [0.717, 1.165) is 25.7 Å². The smallest absolute Gasteiger partial charge is 0.305 e. The molecule has 0 spiro atoms. The van der Waals surface area contributed by atoms with E-state index in [0.29, 0.717) is 12.8 Å². The fourth-order valence-electron chi connectivity index (χ4n) is 2.17. The summed E-state index contributed by atoms with van der Waals surface area (Å²) >= 11 is 0. The number of esters is 1. The van der Waals surface area contributed by atoms with Crippen molar-refractivity contribution in [1.82, 2.24) is 0 Å². The van der Waals surface area contributed by atoms with Crippen LogP contribution in [0.15, 0.2) is 24.3 Å². The standard InChI is InChI=1S/C19H34O3/c1-3-4-5-12-15-18(20)16-13-10-8-6-7-9-11-14-17-19(21)22-2/h10,12-13,15,18,20H,3-9,11,14,16-17H2,1-2H3/b13-10-,15-12+/t18-/m0/s1. The predicted molar refractivity (Wildman–Crippen MR) is 92.8 cm³/mol. The molecule has 0 heterocycles. The Morgan fingerprint density at radius 2 is 1.68 bits per heavy atom. The van der Waals surface area contributed by atoms with Gasteiger partial charge in [0.2, 0.25) is 0 Å². The molecule has 0 aliphatic carbocycles. The highest BCUT2D eigenvalue weighted by molar-refractivity contribution is 5.68. The van der Waals surface area contributed by atoms with Crippen molar-refractivity contribution >= 4 is 5.97 Å². The van der Waals surface area contributed by atoms with Crippen LogP contribution in [0.2, 0.25) is 0 Å². The zero-order chi connectivity index (χ0) is 16.5. The highest BCUT2D eigenvalue weighted by atomic mass is 16.5. The fraction of sp³-hybridized carbons (Fsp3) is 0.737. The second-order valence-corrected chi connectivity index (χ2v) is 5.73. The summed E-state index contributed by atoms with van der Waals surface area (Å²) < 4.78 is 4.60. The molecule has 0 amide bonds. The number of carbonyl (C=O) groups excluding carboxylic acids is 1. The summed E-state index contributed by atoms with van der Waals surface area (Å²) in [5.74, 6) is -0.106. The third kappa shape index (κ3) is 15.3. The van der Waals surface area contributed by atoms with Crippen LogP contribution < -0.4 is 0 Å². The first-order chi connectivity index (χ1) is 10.7. The number of hydrogen-bond donors (Lipinski definition) is 1. The van der Waals surface area contributed by atoms with Crippen molar-refractivity contribution in [1.29, 1.82) is 0 Å². The minimum Gasteiger partial charge on any atom is -0.469 e. The van der Waals surface area contributed by atoms with Crippen molar-refractivity contribution in [2.45, 2.75) is 83.7 Å². The molecule has 3 nitrogen and oxygen atoms in total. The molecule has 0 aromatic rings. The number of hydrogen-bond acceptors (Lipinski definition) is 3. The number of aliphatic hydroxyl groups is 1. The van der Waals surface area contributed by atoms with Crippen LogP contribution in [0.25, 0.3) is 0 Å². The molecule has 0 radical (unpaired) electrons. The maximum absolute atomic E-state index is 10.9. The second kappa shape index (κ2) is 16.3. The molecule has 3 heteroatoms. The Bertz CT molecular complexity index is 308. The van der Waals surface area contributed by atoms with Crippen molar-refractivity contribution in [3.05, 3.63) is 24.3 Å². The van der Waals surface area contributed by atoms with E-state index in [9.17, 15) is 9.90 Å². The lowest BCUT2D eigenvalue weighted by Crippen LogP contribution is -1.99. The first-order valence-corrected chi connectivity index (χ1v) is 8.77. The Morgan fingerprint density at radius 3 is 2.41 bits per heavy atom. The van der Waals surface area contributed by atoms with E-state index in [-0.39, 0.29) is 12.1 Å². The Balaban J connectivity index is 3.36. The summed E-state index contributed by atoms with van der Waals surface area (Å²) in [7, 11) is 1.44. The van der Waals surface area contributed by atoms with Crippen LogP contribution in [0.4, 0.5) is 0 Å². The number of methoxy groups -OCH3 is 1. The Hall–Kier alpha value is -1.09. The van der Waals surface area contributed by atoms with E-state index in [1.807, 2.05) is 6.08 Å². The van der Waals surface area contributed by atoms with Crippen molar-refractivity contribution in [2.24, 2.45) is 0 Å². The summed E-state index contributed by atoms with van der Waals surface area (Å²) in [6.45, 7) is 2.17. The van der Waals surface area contributed by atoms with Gasteiger partial charge >= 0.3 is 5.97 Å². The largest absolute Gasteiger partial charge is 0.469 e. The molecule has 128 valence electrons. The number of rotatable bonds is 14. The highest BCUT2D eigenvalue weighted by Crippen LogP contribution is 2.08. The average Bonchev–Trinajstić information content (AvgIpc) is 2.53. The number of allylic oxidation sites excluding steroid dienone is 2. The maximum Gasteiger partial charge on any atom is 0.305 e. The van der Waals surface area contributed by atoms with Crippen molar-refractivity contribution in [2.75, 3.05) is 7.11 Å². The van der Waals surface area contributed by atoms with Gasteiger partial charge < -0.3 is 9.84 Å². The fourth-order valence-corrected chi connectivity index (χ4v) is 2.17. The number of aliphatic hydroxyl groups excluding tert-OH is 1. The quantitative estimate of drug-likeness (QED) is 0.281. The highest BCUT2D eigenvalue weighted by Gasteiger charge is 1.98. The van der Waals surface area contributed by atoms with Crippen LogP contribution >= 0.6 is 0 Å². The molecule has 0 aliphatic rings. The number of unbranched alkanes of at least 4 members (excludes halogenated alkanes) is 7. The van der Waals surface area contributed by atoms with Gasteiger partial charge in [-0.05, 0) is 32.1 Å². The minimum absolute atomic E-state index is 0.106. The van der Waals surface area contributed by atoms with Gasteiger partial charge in [-0.2, -0.15) is 0 Å². The van der Waals surface area contributed by atoms with Gasteiger partial charge in [-0.15, -0.1) is 0 Å². The second-order valence-electron chi connectivity index (χ2n) is 5.73. The Kier molecular flexibility index (Phi) is 15.5. The maximum atomic E-state index is 10.9. The lowest BCUT2D eigenvalue weighted by Gasteiger charge is -2.01. The van der Waals surface area contributed by atoms with E-state index in [1.165, 1.54) is 39.2 Å². The Morgan fingerprint density at radius 1 is 1.00 bits per heavy atom. The molecule has 0 aromatic carbocycles. The molecule has 0 aromatic heterocycles. The number of ether oxygens (including phenoxy) is 1. The topological polar surface area (TPSA) is 46.5 Å². The van der Waals surface area contributed by atoms with Crippen LogP contribution in [0, 0.1) is 0 Å². The minimum atomic E-state index is -0.341. The average molecular weight is 310 g/mol. The predicted octanol–water partition coefficient (Wildman–Crippen LogP) is 4.94. The molecular formula is C19H34O3. The molecule has 0 bridgehead atoms. The van der Waals surface area contributed by atoms with Crippen molar-refractivity contribution in [3.8, 4) is 0 Å². The van der Waals surface area contributed by atoms with Gasteiger partial charge in [0, 0.05) is 6.42 Å². The summed E-state index contributed by atoms with van der Waals surface area (Å²) in [6, 6.07) is 0. The molecule has 0 rings (SSSR count). The zero-order valence-corrected chi connectivity index (χ0v) is 14.4. The van der Waals surface area contributed by atoms with Crippen LogP contribution in [-0.4, -0.2) is 24.3 Å². The van der Waals surface area contributed by atoms with Gasteiger partial charge in [-0.25, -0.2) is 0 Å². The Labute approximate surface area is 136 Å². The first-order valence-electron chi connectivity index (χ1n) is 8.77. The van der Waals surface area contributed by atoms with Crippen molar-refractivity contribution < 1.29 is 14.6 Å². The monoisotopic (exact) mass is 310 g/mol. The van der Waals surface area contributed by atoms with Crippen molar-refractivity contribution in [3.63, 3.8) is 0 Å². The lowest BCUT2D eigenvalue weighted by molar-refractivity contribution is -0.140. The third-order valence-corrected chi connectivity index (χ3v) is 3.61. The van der Waals surface area contributed by atoms with Gasteiger partial charge in [0.05, 0.1) is 13.2 Å². The molecule has 0 aliphatic heterocycles. The summed E-state index contributed by atoms with van der Waals surface area (Å²) in [5, 5.41) is 9.74. The van der Waals surface area contributed by atoms with Gasteiger partial charge in [-0.3, -0.25) is 4.79 Å². The normalized spacial score (nSPS) is 13.0. The van der Waals surface area contributed by atoms with Gasteiger partial charge in [0.25, 0.3) is 0 Å². The molecule has 22 heavy (non-hydrogen) atoms.